The third kappa shape index (κ3) is 5.40. The van der Waals surface area contributed by atoms with Gasteiger partial charge >= 0.3 is 6.18 Å². The SMILES string of the molecule is O=C1CCN(CC(O)COc2ccccc2C(F)(F)F)CCN1. The van der Waals surface area contributed by atoms with Gasteiger partial charge in [0.25, 0.3) is 0 Å². The lowest BCUT2D eigenvalue weighted by molar-refractivity contribution is -0.139. The zero-order valence-corrected chi connectivity index (χ0v) is 12.5. The topological polar surface area (TPSA) is 61.8 Å². The van der Waals surface area contributed by atoms with E-state index < -0.39 is 17.8 Å². The highest BCUT2D eigenvalue weighted by atomic mass is 19.4. The van der Waals surface area contributed by atoms with E-state index in [4.69, 9.17) is 4.74 Å². The molecule has 5 nitrogen and oxygen atoms in total. The Hall–Kier alpha value is -1.80. The van der Waals surface area contributed by atoms with E-state index in [2.05, 4.69) is 5.32 Å². The molecule has 0 radical (unpaired) electrons. The summed E-state index contributed by atoms with van der Waals surface area (Å²) in [6, 6.07) is 4.90. The molecular formula is C15H19F3N2O3. The van der Waals surface area contributed by atoms with Gasteiger partial charge < -0.3 is 15.2 Å². The molecule has 1 aromatic rings. The van der Waals surface area contributed by atoms with Crippen LogP contribution in [0.3, 0.4) is 0 Å². The highest BCUT2D eigenvalue weighted by molar-refractivity contribution is 5.76. The Morgan fingerprint density at radius 2 is 2.04 bits per heavy atom. The van der Waals surface area contributed by atoms with Crippen LogP contribution in [0.1, 0.15) is 12.0 Å². The molecule has 1 unspecified atom stereocenters. The van der Waals surface area contributed by atoms with E-state index >= 15 is 0 Å². The third-order valence-corrected chi connectivity index (χ3v) is 3.50. The number of aliphatic hydroxyl groups is 1. The molecule has 0 aromatic heterocycles. The van der Waals surface area contributed by atoms with E-state index in [1.165, 1.54) is 18.2 Å². The molecule has 1 fully saturated rings. The number of β-amino-alcohol motifs (C(OH)–C–C–N with tert-alkyl or cyclic N) is 1. The first-order chi connectivity index (χ1) is 10.9. The maximum atomic E-state index is 12.8. The largest absolute Gasteiger partial charge is 0.490 e. The number of hydrogen-bond acceptors (Lipinski definition) is 4. The van der Waals surface area contributed by atoms with Gasteiger partial charge in [-0.3, -0.25) is 9.69 Å². The van der Waals surface area contributed by atoms with Crippen LogP contribution >= 0.6 is 0 Å². The van der Waals surface area contributed by atoms with Crippen LogP contribution in [0.5, 0.6) is 5.75 Å². The molecule has 2 rings (SSSR count). The van der Waals surface area contributed by atoms with Crippen molar-refractivity contribution in [3.8, 4) is 5.75 Å². The normalized spacial score (nSPS) is 18.2. The fourth-order valence-electron chi connectivity index (χ4n) is 2.36. The molecule has 0 saturated carbocycles. The summed E-state index contributed by atoms with van der Waals surface area (Å²) in [6.45, 7) is 1.57. The number of para-hydroxylation sites is 1. The molecule has 0 bridgehead atoms. The molecular weight excluding hydrogens is 313 g/mol. The van der Waals surface area contributed by atoms with Crippen molar-refractivity contribution >= 4 is 5.91 Å². The summed E-state index contributed by atoms with van der Waals surface area (Å²) in [6.07, 6.45) is -5.10. The Morgan fingerprint density at radius 3 is 2.78 bits per heavy atom. The zero-order chi connectivity index (χ0) is 16.9. The number of carbonyl (C=O) groups excluding carboxylic acids is 1. The van der Waals surface area contributed by atoms with Gasteiger partial charge in [-0.2, -0.15) is 13.2 Å². The Morgan fingerprint density at radius 1 is 1.30 bits per heavy atom. The van der Waals surface area contributed by atoms with Crippen LogP contribution in [-0.4, -0.2) is 54.8 Å². The van der Waals surface area contributed by atoms with Gasteiger partial charge in [-0.25, -0.2) is 0 Å². The lowest BCUT2D eigenvalue weighted by Gasteiger charge is -2.23. The van der Waals surface area contributed by atoms with Crippen molar-refractivity contribution in [2.24, 2.45) is 0 Å². The van der Waals surface area contributed by atoms with Crippen LogP contribution in [-0.2, 0) is 11.0 Å². The van der Waals surface area contributed by atoms with Gasteiger partial charge in [0.1, 0.15) is 18.5 Å². The highest BCUT2D eigenvalue weighted by Crippen LogP contribution is 2.35. The minimum atomic E-state index is -4.50. The van der Waals surface area contributed by atoms with Crippen molar-refractivity contribution in [1.82, 2.24) is 10.2 Å². The van der Waals surface area contributed by atoms with Crippen LogP contribution in [0.25, 0.3) is 0 Å². The maximum Gasteiger partial charge on any atom is 0.419 e. The number of halogens is 3. The average Bonchev–Trinajstić information content (AvgIpc) is 2.69. The van der Waals surface area contributed by atoms with E-state index in [0.717, 1.165) is 6.07 Å². The van der Waals surface area contributed by atoms with Gasteiger partial charge in [0.05, 0.1) is 5.56 Å². The average molecular weight is 332 g/mol. The number of ether oxygens (including phenoxy) is 1. The Bertz CT molecular complexity index is 537. The summed E-state index contributed by atoms with van der Waals surface area (Å²) in [5, 5.41) is 12.7. The summed E-state index contributed by atoms with van der Waals surface area (Å²) < 4.78 is 43.7. The number of nitrogens with one attached hydrogen (secondary N) is 1. The molecule has 1 aliphatic heterocycles. The van der Waals surface area contributed by atoms with E-state index in [1.807, 2.05) is 4.90 Å². The summed E-state index contributed by atoms with van der Waals surface area (Å²) in [7, 11) is 0. The van der Waals surface area contributed by atoms with Gasteiger partial charge in [0.15, 0.2) is 0 Å². The predicted octanol–water partition coefficient (Wildman–Crippen LogP) is 1.27. The minimum absolute atomic E-state index is 0.0441. The van der Waals surface area contributed by atoms with Crippen molar-refractivity contribution < 1.29 is 27.8 Å². The number of carbonyl (C=O) groups is 1. The first kappa shape index (κ1) is 17.6. The lowest BCUT2D eigenvalue weighted by Crippen LogP contribution is -2.37. The van der Waals surface area contributed by atoms with Crippen LogP contribution in [0.2, 0.25) is 0 Å². The second-order valence-electron chi connectivity index (χ2n) is 5.36. The quantitative estimate of drug-likeness (QED) is 0.852. The van der Waals surface area contributed by atoms with Gasteiger partial charge in [0, 0.05) is 32.6 Å². The fraction of sp³-hybridized carbons (Fsp3) is 0.533. The second-order valence-corrected chi connectivity index (χ2v) is 5.36. The van der Waals surface area contributed by atoms with Crippen molar-refractivity contribution in [3.63, 3.8) is 0 Å². The van der Waals surface area contributed by atoms with Gasteiger partial charge in [-0.15, -0.1) is 0 Å². The van der Waals surface area contributed by atoms with Crippen LogP contribution in [0.4, 0.5) is 13.2 Å². The molecule has 1 aromatic carbocycles. The van der Waals surface area contributed by atoms with Crippen LogP contribution in [0.15, 0.2) is 24.3 Å². The first-order valence-electron chi connectivity index (χ1n) is 7.32. The van der Waals surface area contributed by atoms with E-state index in [-0.39, 0.29) is 24.8 Å². The lowest BCUT2D eigenvalue weighted by atomic mass is 10.2. The van der Waals surface area contributed by atoms with E-state index in [9.17, 15) is 23.1 Å². The summed E-state index contributed by atoms with van der Waals surface area (Å²) in [5.74, 6) is -0.343. The van der Waals surface area contributed by atoms with Crippen molar-refractivity contribution in [2.75, 3.05) is 32.8 Å². The number of nitrogens with zero attached hydrogens (tertiary/aromatic N) is 1. The van der Waals surface area contributed by atoms with E-state index in [0.29, 0.717) is 26.1 Å². The van der Waals surface area contributed by atoms with Crippen molar-refractivity contribution in [1.29, 1.82) is 0 Å². The number of aliphatic hydroxyl groups excluding tert-OH is 1. The molecule has 1 atom stereocenters. The molecule has 8 heteroatoms. The third-order valence-electron chi connectivity index (χ3n) is 3.50. The molecule has 2 N–H and O–H groups in total. The first-order valence-corrected chi connectivity index (χ1v) is 7.32. The Kier molecular flexibility index (Phi) is 5.84. The molecule has 1 saturated heterocycles. The maximum absolute atomic E-state index is 12.8. The number of alkyl halides is 3. The monoisotopic (exact) mass is 332 g/mol. The number of hydrogen-bond donors (Lipinski definition) is 2. The molecule has 23 heavy (non-hydrogen) atoms. The predicted molar refractivity (Wildman–Crippen MR) is 77.0 cm³/mol. The van der Waals surface area contributed by atoms with E-state index in [1.54, 1.807) is 0 Å². The molecule has 1 heterocycles. The summed E-state index contributed by atoms with van der Waals surface area (Å²) in [4.78, 5) is 13.1. The van der Waals surface area contributed by atoms with Gasteiger partial charge in [0.2, 0.25) is 5.91 Å². The second kappa shape index (κ2) is 7.65. The molecule has 1 amide bonds. The highest BCUT2D eigenvalue weighted by Gasteiger charge is 2.34. The molecule has 0 aliphatic carbocycles. The summed E-state index contributed by atoms with van der Waals surface area (Å²) >= 11 is 0. The zero-order valence-electron chi connectivity index (χ0n) is 12.5. The smallest absolute Gasteiger partial charge is 0.419 e. The molecule has 1 aliphatic rings. The summed E-state index contributed by atoms with van der Waals surface area (Å²) in [5.41, 5.74) is -0.864. The molecule has 0 spiro atoms. The number of rotatable bonds is 5. The molecule has 128 valence electrons. The number of amides is 1. The van der Waals surface area contributed by atoms with Crippen LogP contribution in [0, 0.1) is 0 Å². The van der Waals surface area contributed by atoms with Gasteiger partial charge in [-0.05, 0) is 12.1 Å². The Labute approximate surface area is 132 Å². The van der Waals surface area contributed by atoms with Crippen LogP contribution < -0.4 is 10.1 Å². The van der Waals surface area contributed by atoms with Crippen molar-refractivity contribution in [2.45, 2.75) is 18.7 Å². The van der Waals surface area contributed by atoms with Crippen molar-refractivity contribution in [3.05, 3.63) is 29.8 Å². The number of benzene rings is 1. The van der Waals surface area contributed by atoms with Gasteiger partial charge in [-0.1, -0.05) is 12.1 Å². The minimum Gasteiger partial charge on any atom is -0.490 e. The Balaban J connectivity index is 1.87. The standard InChI is InChI=1S/C15H19F3N2O3/c16-15(17,18)12-3-1-2-4-13(12)23-10-11(21)9-20-7-5-14(22)19-6-8-20/h1-4,11,21H,5-10H2,(H,19,22). The fourth-order valence-corrected chi connectivity index (χ4v) is 2.36.